The van der Waals surface area contributed by atoms with Gasteiger partial charge in [0.05, 0.1) is 12.1 Å². The van der Waals surface area contributed by atoms with Crippen LogP contribution in [0.15, 0.2) is 34.2 Å². The quantitative estimate of drug-likeness (QED) is 0.481. The van der Waals surface area contributed by atoms with Gasteiger partial charge < -0.3 is 15.8 Å². The van der Waals surface area contributed by atoms with Gasteiger partial charge in [0, 0.05) is 5.75 Å². The minimum Gasteiger partial charge on any atom is -0.478 e. The van der Waals surface area contributed by atoms with Crippen LogP contribution in [-0.4, -0.2) is 36.3 Å². The molecule has 0 saturated carbocycles. The molecule has 0 fully saturated rings. The summed E-state index contributed by atoms with van der Waals surface area (Å²) in [5.41, 5.74) is 7.16. The largest absolute Gasteiger partial charge is 0.478 e. The Morgan fingerprint density at radius 3 is 2.65 bits per heavy atom. The van der Waals surface area contributed by atoms with Crippen molar-refractivity contribution in [1.82, 2.24) is 19.5 Å². The number of nitrogens with two attached hydrogens (primary N) is 1. The van der Waals surface area contributed by atoms with E-state index in [1.54, 1.807) is 12.1 Å². The zero-order chi connectivity index (χ0) is 18.8. The monoisotopic (exact) mass is 374 g/mol. The number of hydrogen-bond acceptors (Lipinski definition) is 6. The third kappa shape index (κ3) is 3.36. The molecular weight excluding hydrogens is 356 g/mol. The first-order valence-electron chi connectivity index (χ1n) is 7.91. The maximum atomic E-state index is 12.3. The summed E-state index contributed by atoms with van der Waals surface area (Å²) in [6.07, 6.45) is 0.823. The Hall–Kier alpha value is -3.01. The lowest BCUT2D eigenvalue weighted by molar-refractivity contribution is 0.0697. The highest BCUT2D eigenvalue weighted by Crippen LogP contribution is 2.17. The van der Waals surface area contributed by atoms with Crippen LogP contribution in [0.3, 0.4) is 0 Å². The number of rotatable bonds is 6. The fraction of sp³-hybridized carbons (Fsp3) is 0.250. The number of imidazole rings is 1. The zero-order valence-corrected chi connectivity index (χ0v) is 14.8. The van der Waals surface area contributed by atoms with E-state index in [1.807, 2.05) is 6.92 Å². The van der Waals surface area contributed by atoms with Crippen molar-refractivity contribution in [2.24, 2.45) is 0 Å². The molecule has 1 aromatic carbocycles. The van der Waals surface area contributed by atoms with Crippen molar-refractivity contribution in [3.05, 3.63) is 45.9 Å². The smallest absolute Gasteiger partial charge is 0.335 e. The molecule has 0 aliphatic carbocycles. The number of nitrogens with one attached hydrogen (secondary N) is 2. The summed E-state index contributed by atoms with van der Waals surface area (Å²) in [4.78, 5) is 34.5. The van der Waals surface area contributed by atoms with Gasteiger partial charge in [0.2, 0.25) is 5.16 Å². The highest BCUT2D eigenvalue weighted by molar-refractivity contribution is 7.85. The second kappa shape index (κ2) is 7.08. The van der Waals surface area contributed by atoms with Crippen molar-refractivity contribution in [1.29, 1.82) is 4.78 Å². The number of fused-ring (bicyclic) bond motifs is 1. The molecule has 0 bridgehead atoms. The van der Waals surface area contributed by atoms with Crippen LogP contribution in [0.2, 0.25) is 0 Å². The fourth-order valence-corrected chi connectivity index (χ4v) is 3.51. The van der Waals surface area contributed by atoms with Gasteiger partial charge in [-0.2, -0.15) is 0 Å². The standard InChI is InChI=1S/C16H18N6O3S/c1-2-7-26(18)15-20-12(17)11-13(21-15)22(16(25)19-11)8-9-3-5-10(6-4-9)14(23)24/h3-6,18H,2,7-8H2,1H3,(H,19,25)(H,23,24)(H2,17,20,21). The maximum absolute atomic E-state index is 12.3. The summed E-state index contributed by atoms with van der Waals surface area (Å²) < 4.78 is 9.55. The van der Waals surface area contributed by atoms with E-state index in [-0.39, 0.29) is 23.6 Å². The number of carbonyl (C=O) groups is 1. The normalized spacial score (nSPS) is 12.3. The molecule has 5 N–H and O–H groups in total. The van der Waals surface area contributed by atoms with Crippen molar-refractivity contribution in [2.45, 2.75) is 25.0 Å². The van der Waals surface area contributed by atoms with Crippen molar-refractivity contribution in [3.8, 4) is 0 Å². The van der Waals surface area contributed by atoms with Gasteiger partial charge in [-0.3, -0.25) is 9.35 Å². The van der Waals surface area contributed by atoms with E-state index in [0.717, 1.165) is 12.0 Å². The van der Waals surface area contributed by atoms with E-state index in [4.69, 9.17) is 15.6 Å². The van der Waals surface area contributed by atoms with Gasteiger partial charge in [0.1, 0.15) is 5.52 Å². The first-order valence-corrected chi connectivity index (χ1v) is 9.30. The molecule has 9 nitrogen and oxygen atoms in total. The van der Waals surface area contributed by atoms with Crippen molar-refractivity contribution in [2.75, 3.05) is 11.5 Å². The summed E-state index contributed by atoms with van der Waals surface area (Å²) in [5.74, 6) is -0.247. The summed E-state index contributed by atoms with van der Waals surface area (Å²) in [6.45, 7) is 2.18. The average molecular weight is 374 g/mol. The molecule has 2 aromatic heterocycles. The van der Waals surface area contributed by atoms with Crippen LogP contribution in [0.4, 0.5) is 5.82 Å². The number of benzene rings is 1. The van der Waals surface area contributed by atoms with E-state index in [1.165, 1.54) is 16.7 Å². The predicted octanol–water partition coefficient (Wildman–Crippen LogP) is 1.60. The van der Waals surface area contributed by atoms with Crippen LogP contribution in [0.1, 0.15) is 29.3 Å². The topological polar surface area (TPSA) is 151 Å². The van der Waals surface area contributed by atoms with Gasteiger partial charge in [0.25, 0.3) is 0 Å². The van der Waals surface area contributed by atoms with Crippen LogP contribution >= 0.6 is 0 Å². The van der Waals surface area contributed by atoms with Gasteiger partial charge in [-0.15, -0.1) is 0 Å². The van der Waals surface area contributed by atoms with Gasteiger partial charge in [-0.25, -0.2) is 19.6 Å². The zero-order valence-electron chi connectivity index (χ0n) is 14.0. The van der Waals surface area contributed by atoms with Gasteiger partial charge in [-0.05, 0) is 34.8 Å². The Balaban J connectivity index is 2.04. The van der Waals surface area contributed by atoms with Crippen molar-refractivity contribution >= 4 is 33.6 Å². The Bertz CT molecular complexity index is 1050. The Morgan fingerprint density at radius 1 is 1.35 bits per heavy atom. The number of aromatic amines is 1. The molecule has 0 saturated heterocycles. The molecule has 0 aliphatic heterocycles. The second-order valence-corrected chi connectivity index (χ2v) is 7.26. The molecule has 1 atom stereocenters. The highest BCUT2D eigenvalue weighted by atomic mass is 32.2. The second-order valence-electron chi connectivity index (χ2n) is 5.70. The number of hydrogen-bond donors (Lipinski definition) is 4. The molecule has 26 heavy (non-hydrogen) atoms. The van der Waals surface area contributed by atoms with Gasteiger partial charge in [-0.1, -0.05) is 19.1 Å². The van der Waals surface area contributed by atoms with E-state index in [2.05, 4.69) is 15.0 Å². The lowest BCUT2D eigenvalue weighted by Crippen LogP contribution is -2.18. The molecule has 0 amide bonds. The van der Waals surface area contributed by atoms with Crippen LogP contribution in [-0.2, 0) is 17.2 Å². The molecule has 0 spiro atoms. The van der Waals surface area contributed by atoms with E-state index >= 15 is 0 Å². The third-order valence-corrected chi connectivity index (χ3v) is 5.24. The molecule has 1 unspecified atom stereocenters. The summed E-state index contributed by atoms with van der Waals surface area (Å²) >= 11 is 0. The summed E-state index contributed by atoms with van der Waals surface area (Å²) in [5, 5.41) is 9.28. The van der Waals surface area contributed by atoms with Crippen molar-refractivity contribution < 1.29 is 9.90 Å². The molecular formula is C16H18N6O3S. The Morgan fingerprint density at radius 2 is 2.04 bits per heavy atom. The fourth-order valence-electron chi connectivity index (χ4n) is 2.52. The molecule has 2 heterocycles. The SMILES string of the molecule is CCCS(=N)c1nc(N)c2[nH]c(=O)n(Cc3ccc(C(=O)O)cc3)c2n1. The number of carboxylic acids is 1. The maximum Gasteiger partial charge on any atom is 0.335 e. The van der Waals surface area contributed by atoms with E-state index in [9.17, 15) is 9.59 Å². The third-order valence-electron chi connectivity index (χ3n) is 3.80. The van der Waals surface area contributed by atoms with Gasteiger partial charge in [0.15, 0.2) is 11.5 Å². The number of H-pyrrole nitrogens is 1. The number of nitrogens with zero attached hydrogens (tertiary/aromatic N) is 3. The van der Waals surface area contributed by atoms with E-state index < -0.39 is 16.7 Å². The minimum absolute atomic E-state index is 0.142. The molecule has 10 heteroatoms. The first kappa shape index (κ1) is 17.8. The lowest BCUT2D eigenvalue weighted by atomic mass is 10.1. The highest BCUT2D eigenvalue weighted by Gasteiger charge is 2.16. The van der Waals surface area contributed by atoms with Crippen molar-refractivity contribution in [3.63, 3.8) is 0 Å². The summed E-state index contributed by atoms with van der Waals surface area (Å²) in [6, 6.07) is 6.25. The Kier molecular flexibility index (Phi) is 4.85. The minimum atomic E-state index is -1.01. The first-order chi connectivity index (χ1) is 12.4. The predicted molar refractivity (Wildman–Crippen MR) is 98.6 cm³/mol. The molecule has 3 rings (SSSR count). The molecule has 0 radical (unpaired) electrons. The lowest BCUT2D eigenvalue weighted by Gasteiger charge is -2.07. The van der Waals surface area contributed by atoms with Gasteiger partial charge >= 0.3 is 11.7 Å². The average Bonchev–Trinajstić information content (AvgIpc) is 2.92. The number of carboxylic acid groups (broad SMARTS) is 1. The van der Waals surface area contributed by atoms with Crippen LogP contribution < -0.4 is 11.4 Å². The number of nitrogen functional groups attached to an aromatic ring is 1. The van der Waals surface area contributed by atoms with Crippen LogP contribution in [0.25, 0.3) is 11.2 Å². The van der Waals surface area contributed by atoms with E-state index in [0.29, 0.717) is 22.1 Å². The number of aromatic nitrogens is 4. The van der Waals surface area contributed by atoms with Crippen LogP contribution in [0.5, 0.6) is 0 Å². The number of aromatic carboxylic acids is 1. The Labute approximate surface area is 150 Å². The molecule has 0 aliphatic rings. The number of anilines is 1. The molecule has 136 valence electrons. The summed E-state index contributed by atoms with van der Waals surface area (Å²) in [7, 11) is -0.900. The van der Waals surface area contributed by atoms with Crippen LogP contribution in [0, 0.1) is 4.78 Å². The molecule has 3 aromatic rings.